The van der Waals surface area contributed by atoms with E-state index in [0.717, 1.165) is 6.07 Å². The highest BCUT2D eigenvalue weighted by Gasteiger charge is 2.33. The molecule has 0 aliphatic rings. The highest BCUT2D eigenvalue weighted by molar-refractivity contribution is 5.94. The highest BCUT2D eigenvalue weighted by Crippen LogP contribution is 2.34. The van der Waals surface area contributed by atoms with Crippen LogP contribution in [-0.4, -0.2) is 5.96 Å². The standard InChI is InChI=1S/C14H12F3N3/c15-14(16,17)11-8-4-5-9-12(11)20-13(18)19-10-6-2-1-3-7-10/h1-9H,(H3,18,19,20). The highest BCUT2D eigenvalue weighted by atomic mass is 19.4. The fraction of sp³-hybridized carbons (Fsp3) is 0.0714. The molecule has 2 aromatic carbocycles. The summed E-state index contributed by atoms with van der Waals surface area (Å²) in [6.07, 6.45) is -4.45. The third-order valence-electron chi connectivity index (χ3n) is 2.50. The average molecular weight is 279 g/mol. The monoisotopic (exact) mass is 279 g/mol. The maximum absolute atomic E-state index is 12.8. The summed E-state index contributed by atoms with van der Waals surface area (Å²) in [5.41, 5.74) is 5.27. The molecule has 0 saturated heterocycles. The lowest BCUT2D eigenvalue weighted by Crippen LogP contribution is -2.24. The van der Waals surface area contributed by atoms with Crippen molar-refractivity contribution in [3.05, 3.63) is 60.2 Å². The van der Waals surface area contributed by atoms with Gasteiger partial charge in [-0.3, -0.25) is 0 Å². The normalized spacial score (nSPS) is 12.2. The molecule has 0 saturated carbocycles. The minimum absolute atomic E-state index is 0.104. The second kappa shape index (κ2) is 5.64. The fourth-order valence-electron chi connectivity index (χ4n) is 1.65. The summed E-state index contributed by atoms with van der Waals surface area (Å²) in [4.78, 5) is 3.99. The van der Waals surface area contributed by atoms with Gasteiger partial charge in [0.25, 0.3) is 0 Å². The van der Waals surface area contributed by atoms with Crippen molar-refractivity contribution >= 4 is 17.3 Å². The van der Waals surface area contributed by atoms with E-state index in [1.54, 1.807) is 24.3 Å². The molecule has 3 nitrogen and oxygen atoms in total. The molecule has 0 bridgehead atoms. The van der Waals surface area contributed by atoms with Crippen molar-refractivity contribution in [3.63, 3.8) is 0 Å². The summed E-state index contributed by atoms with van der Waals surface area (Å²) in [6, 6.07) is 13.8. The number of aliphatic imine (C=N–C) groups is 1. The number of halogens is 3. The van der Waals surface area contributed by atoms with Gasteiger partial charge in [-0.25, -0.2) is 4.99 Å². The first-order valence-corrected chi connectivity index (χ1v) is 5.79. The van der Waals surface area contributed by atoms with Gasteiger partial charge in [0.15, 0.2) is 5.96 Å². The second-order valence-corrected chi connectivity index (χ2v) is 4.00. The number of nitrogens with two attached hydrogens (primary N) is 1. The SMILES string of the molecule is NC(=Nc1ccccc1)Nc1ccccc1C(F)(F)F. The molecule has 3 N–H and O–H groups in total. The zero-order valence-corrected chi connectivity index (χ0v) is 10.4. The largest absolute Gasteiger partial charge is 0.418 e. The Morgan fingerprint density at radius 1 is 0.950 bits per heavy atom. The molecule has 0 spiro atoms. The van der Waals surface area contributed by atoms with Crippen molar-refractivity contribution in [1.29, 1.82) is 0 Å². The average Bonchev–Trinajstić information content (AvgIpc) is 2.39. The van der Waals surface area contributed by atoms with Crippen molar-refractivity contribution < 1.29 is 13.2 Å². The number of nitrogens with one attached hydrogen (secondary N) is 1. The van der Waals surface area contributed by atoms with E-state index in [-0.39, 0.29) is 11.6 Å². The number of para-hydroxylation sites is 2. The molecule has 0 aliphatic heterocycles. The van der Waals surface area contributed by atoms with Gasteiger partial charge >= 0.3 is 6.18 Å². The van der Waals surface area contributed by atoms with E-state index >= 15 is 0 Å². The second-order valence-electron chi connectivity index (χ2n) is 4.00. The van der Waals surface area contributed by atoms with Crippen LogP contribution in [0.2, 0.25) is 0 Å². The van der Waals surface area contributed by atoms with Crippen LogP contribution in [0.3, 0.4) is 0 Å². The molecule has 2 aromatic rings. The van der Waals surface area contributed by atoms with Gasteiger partial charge in [0.1, 0.15) is 0 Å². The zero-order chi connectivity index (χ0) is 14.6. The van der Waals surface area contributed by atoms with E-state index in [9.17, 15) is 13.2 Å². The zero-order valence-electron chi connectivity index (χ0n) is 10.4. The molecular weight excluding hydrogens is 267 g/mol. The number of rotatable bonds is 2. The van der Waals surface area contributed by atoms with E-state index < -0.39 is 11.7 Å². The van der Waals surface area contributed by atoms with Crippen LogP contribution in [0.1, 0.15) is 5.56 Å². The van der Waals surface area contributed by atoms with Crippen LogP contribution in [0.4, 0.5) is 24.5 Å². The van der Waals surface area contributed by atoms with E-state index in [4.69, 9.17) is 5.73 Å². The number of nitrogens with zero attached hydrogens (tertiary/aromatic N) is 1. The third-order valence-corrected chi connectivity index (χ3v) is 2.50. The Labute approximate surface area is 114 Å². The summed E-state index contributed by atoms with van der Waals surface area (Å²) in [5, 5.41) is 2.47. The van der Waals surface area contributed by atoms with Crippen LogP contribution >= 0.6 is 0 Å². The lowest BCUT2D eigenvalue weighted by atomic mass is 10.1. The first kappa shape index (κ1) is 13.9. The number of alkyl halides is 3. The minimum atomic E-state index is -4.45. The minimum Gasteiger partial charge on any atom is -0.369 e. The van der Waals surface area contributed by atoms with E-state index in [0.29, 0.717) is 5.69 Å². The quantitative estimate of drug-likeness (QED) is 0.649. The lowest BCUT2D eigenvalue weighted by Gasteiger charge is -2.13. The van der Waals surface area contributed by atoms with Crippen LogP contribution in [0.5, 0.6) is 0 Å². The van der Waals surface area contributed by atoms with Crippen LogP contribution < -0.4 is 11.1 Å². The molecule has 0 aromatic heterocycles. The number of anilines is 1. The summed E-state index contributed by atoms with van der Waals surface area (Å²) >= 11 is 0. The Hall–Kier alpha value is -2.50. The fourth-order valence-corrected chi connectivity index (χ4v) is 1.65. The molecule has 2 rings (SSSR count). The van der Waals surface area contributed by atoms with Gasteiger partial charge in [0.2, 0.25) is 0 Å². The van der Waals surface area contributed by atoms with Crippen molar-refractivity contribution in [2.75, 3.05) is 5.32 Å². The predicted octanol–water partition coefficient (Wildman–Crippen LogP) is 3.76. The van der Waals surface area contributed by atoms with Gasteiger partial charge in [-0.05, 0) is 24.3 Å². The Morgan fingerprint density at radius 3 is 2.20 bits per heavy atom. The molecule has 0 radical (unpaired) electrons. The predicted molar refractivity (Wildman–Crippen MR) is 72.8 cm³/mol. The number of guanidine groups is 1. The van der Waals surface area contributed by atoms with E-state index in [1.165, 1.54) is 18.2 Å². The molecular formula is C14H12F3N3. The molecule has 6 heteroatoms. The molecule has 104 valence electrons. The van der Waals surface area contributed by atoms with Gasteiger partial charge < -0.3 is 11.1 Å². The van der Waals surface area contributed by atoms with Gasteiger partial charge in [-0.15, -0.1) is 0 Å². The van der Waals surface area contributed by atoms with Crippen LogP contribution in [0, 0.1) is 0 Å². The number of hydrogen-bond donors (Lipinski definition) is 2. The smallest absolute Gasteiger partial charge is 0.369 e. The topological polar surface area (TPSA) is 50.4 Å². The Morgan fingerprint density at radius 2 is 1.55 bits per heavy atom. The van der Waals surface area contributed by atoms with Gasteiger partial charge in [0, 0.05) is 0 Å². The molecule has 0 fully saturated rings. The van der Waals surface area contributed by atoms with Crippen LogP contribution in [-0.2, 0) is 6.18 Å². The Balaban J connectivity index is 2.25. The third kappa shape index (κ3) is 3.50. The first-order valence-electron chi connectivity index (χ1n) is 5.79. The number of hydrogen-bond acceptors (Lipinski definition) is 1. The van der Waals surface area contributed by atoms with Crippen LogP contribution in [0.15, 0.2) is 59.6 Å². The molecule has 0 heterocycles. The summed E-state index contributed by atoms with van der Waals surface area (Å²) in [6.45, 7) is 0. The molecule has 0 unspecified atom stereocenters. The number of benzene rings is 2. The molecule has 0 amide bonds. The summed E-state index contributed by atoms with van der Waals surface area (Å²) in [5.74, 6) is -0.104. The van der Waals surface area contributed by atoms with Crippen molar-refractivity contribution in [1.82, 2.24) is 0 Å². The Kier molecular flexibility index (Phi) is 3.93. The maximum atomic E-state index is 12.8. The van der Waals surface area contributed by atoms with Crippen LogP contribution in [0.25, 0.3) is 0 Å². The van der Waals surface area contributed by atoms with Gasteiger partial charge in [-0.2, -0.15) is 13.2 Å². The summed E-state index contributed by atoms with van der Waals surface area (Å²) in [7, 11) is 0. The van der Waals surface area contributed by atoms with Gasteiger partial charge in [-0.1, -0.05) is 30.3 Å². The molecule has 0 aliphatic carbocycles. The van der Waals surface area contributed by atoms with Gasteiger partial charge in [0.05, 0.1) is 16.9 Å². The first-order chi connectivity index (χ1) is 9.47. The Bertz CT molecular complexity index is 607. The molecule has 0 atom stereocenters. The van der Waals surface area contributed by atoms with Crippen molar-refractivity contribution in [3.8, 4) is 0 Å². The van der Waals surface area contributed by atoms with E-state index in [1.807, 2.05) is 6.07 Å². The summed E-state index contributed by atoms with van der Waals surface area (Å²) < 4.78 is 38.4. The lowest BCUT2D eigenvalue weighted by molar-refractivity contribution is -0.136. The maximum Gasteiger partial charge on any atom is 0.418 e. The van der Waals surface area contributed by atoms with Crippen molar-refractivity contribution in [2.45, 2.75) is 6.18 Å². The van der Waals surface area contributed by atoms with E-state index in [2.05, 4.69) is 10.3 Å². The molecule has 20 heavy (non-hydrogen) atoms. The van der Waals surface area contributed by atoms with Crippen molar-refractivity contribution in [2.24, 2.45) is 10.7 Å².